The average Bonchev–Trinajstić information content (AvgIpc) is 2.12. The number of hydrogen-bond acceptors (Lipinski definition) is 4. The molecule has 1 aromatic heterocycles. The molecule has 5 nitrogen and oxygen atoms in total. The molecule has 1 aromatic rings. The molecule has 2 rings (SSSR count). The van der Waals surface area contributed by atoms with Crippen molar-refractivity contribution in [1.82, 2.24) is 9.55 Å². The van der Waals surface area contributed by atoms with Gasteiger partial charge in [0.25, 0.3) is 5.56 Å². The molecule has 0 atom stereocenters. The molecular weight excluding hydrogens is 218 g/mol. The molecule has 1 fully saturated rings. The second kappa shape index (κ2) is 3.57. The van der Waals surface area contributed by atoms with Gasteiger partial charge in [-0.2, -0.15) is 0 Å². The highest BCUT2D eigenvalue weighted by Crippen LogP contribution is 2.23. The van der Waals surface area contributed by atoms with E-state index in [1.165, 1.54) is 0 Å². The SMILES string of the molecule is CC1(O)CN(c2nccn(C(C)(C)C)c2=O)C1. The van der Waals surface area contributed by atoms with Gasteiger partial charge in [-0.25, -0.2) is 4.98 Å². The van der Waals surface area contributed by atoms with E-state index in [0.29, 0.717) is 18.9 Å². The zero-order valence-corrected chi connectivity index (χ0v) is 10.8. The topological polar surface area (TPSA) is 58.4 Å². The quantitative estimate of drug-likeness (QED) is 0.775. The Morgan fingerprint density at radius 2 is 2.00 bits per heavy atom. The van der Waals surface area contributed by atoms with Gasteiger partial charge in [0.1, 0.15) is 0 Å². The third-order valence-corrected chi connectivity index (χ3v) is 2.91. The Morgan fingerprint density at radius 1 is 1.41 bits per heavy atom. The van der Waals surface area contributed by atoms with Gasteiger partial charge in [-0.15, -0.1) is 0 Å². The van der Waals surface area contributed by atoms with Crippen LogP contribution in [0.15, 0.2) is 17.2 Å². The maximum atomic E-state index is 12.2. The molecule has 1 saturated heterocycles. The summed E-state index contributed by atoms with van der Waals surface area (Å²) in [5, 5.41) is 9.69. The van der Waals surface area contributed by atoms with Gasteiger partial charge in [0, 0.05) is 31.0 Å². The summed E-state index contributed by atoms with van der Waals surface area (Å²) in [6.07, 6.45) is 3.33. The van der Waals surface area contributed by atoms with Gasteiger partial charge in [-0.3, -0.25) is 4.79 Å². The minimum atomic E-state index is -0.698. The van der Waals surface area contributed by atoms with Crippen LogP contribution in [0.4, 0.5) is 5.82 Å². The zero-order chi connectivity index (χ0) is 12.8. The molecule has 0 bridgehead atoms. The maximum Gasteiger partial charge on any atom is 0.293 e. The van der Waals surface area contributed by atoms with Gasteiger partial charge in [0.2, 0.25) is 0 Å². The van der Waals surface area contributed by atoms with Gasteiger partial charge in [-0.05, 0) is 27.7 Å². The molecule has 1 N–H and O–H groups in total. The van der Waals surface area contributed by atoms with Crippen molar-refractivity contribution in [3.05, 3.63) is 22.7 Å². The lowest BCUT2D eigenvalue weighted by Crippen LogP contribution is -2.61. The number of hydrogen-bond donors (Lipinski definition) is 1. The highest BCUT2D eigenvalue weighted by molar-refractivity contribution is 5.41. The lowest BCUT2D eigenvalue weighted by atomic mass is 9.97. The van der Waals surface area contributed by atoms with Crippen molar-refractivity contribution >= 4 is 5.82 Å². The van der Waals surface area contributed by atoms with E-state index in [2.05, 4.69) is 4.98 Å². The second-order valence-electron chi connectivity index (χ2n) is 5.95. The third-order valence-electron chi connectivity index (χ3n) is 2.91. The van der Waals surface area contributed by atoms with E-state index in [0.717, 1.165) is 0 Å². The fourth-order valence-electron chi connectivity index (χ4n) is 2.07. The maximum absolute atomic E-state index is 12.2. The molecule has 0 saturated carbocycles. The van der Waals surface area contributed by atoms with Crippen molar-refractivity contribution in [2.45, 2.75) is 38.8 Å². The molecule has 94 valence electrons. The molecule has 17 heavy (non-hydrogen) atoms. The van der Waals surface area contributed by atoms with E-state index in [-0.39, 0.29) is 11.1 Å². The Hall–Kier alpha value is -1.36. The van der Waals surface area contributed by atoms with Gasteiger partial charge < -0.3 is 14.6 Å². The van der Waals surface area contributed by atoms with Crippen molar-refractivity contribution in [3.8, 4) is 0 Å². The summed E-state index contributed by atoms with van der Waals surface area (Å²) >= 11 is 0. The number of rotatable bonds is 1. The summed E-state index contributed by atoms with van der Waals surface area (Å²) in [6.45, 7) is 8.61. The summed E-state index contributed by atoms with van der Waals surface area (Å²) in [5.74, 6) is 0.425. The third kappa shape index (κ3) is 2.20. The zero-order valence-electron chi connectivity index (χ0n) is 10.8. The Balaban J connectivity index is 2.35. The van der Waals surface area contributed by atoms with Crippen molar-refractivity contribution in [1.29, 1.82) is 0 Å². The highest BCUT2D eigenvalue weighted by Gasteiger charge is 2.38. The summed E-state index contributed by atoms with van der Waals surface area (Å²) in [6, 6.07) is 0. The van der Waals surface area contributed by atoms with Crippen molar-refractivity contribution in [3.63, 3.8) is 0 Å². The smallest absolute Gasteiger partial charge is 0.293 e. The molecule has 5 heteroatoms. The van der Waals surface area contributed by atoms with Crippen LogP contribution in [0.25, 0.3) is 0 Å². The number of nitrogens with zero attached hydrogens (tertiary/aromatic N) is 3. The summed E-state index contributed by atoms with van der Waals surface area (Å²) < 4.78 is 1.67. The van der Waals surface area contributed by atoms with E-state index >= 15 is 0 Å². The first-order chi connectivity index (χ1) is 7.71. The van der Waals surface area contributed by atoms with Crippen molar-refractivity contribution in [2.24, 2.45) is 0 Å². The van der Waals surface area contributed by atoms with Gasteiger partial charge in [0.15, 0.2) is 5.82 Å². The lowest BCUT2D eigenvalue weighted by Gasteiger charge is -2.44. The van der Waals surface area contributed by atoms with E-state index in [1.807, 2.05) is 25.7 Å². The number of β-amino-alcohol motifs (C(OH)–C–C–N with tert-alkyl or cyclic N) is 1. The second-order valence-corrected chi connectivity index (χ2v) is 5.95. The standard InChI is InChI=1S/C12H19N3O2/c1-11(2,3)15-6-5-13-9(10(15)16)14-7-12(4,17)8-14/h5-6,17H,7-8H2,1-4H3. The molecule has 0 amide bonds. The summed E-state index contributed by atoms with van der Waals surface area (Å²) in [4.78, 5) is 18.2. The van der Waals surface area contributed by atoms with Crippen LogP contribution in [0, 0.1) is 0 Å². The fourth-order valence-corrected chi connectivity index (χ4v) is 2.07. The van der Waals surface area contributed by atoms with Crippen molar-refractivity contribution < 1.29 is 5.11 Å². The van der Waals surface area contributed by atoms with Crippen LogP contribution < -0.4 is 10.5 Å². The van der Waals surface area contributed by atoms with Gasteiger partial charge in [-0.1, -0.05) is 0 Å². The molecule has 2 heterocycles. The molecule has 1 aliphatic rings. The molecule has 0 unspecified atom stereocenters. The van der Waals surface area contributed by atoms with Crippen molar-refractivity contribution in [2.75, 3.05) is 18.0 Å². The number of aliphatic hydroxyl groups is 1. The Labute approximate surface area is 101 Å². The minimum absolute atomic E-state index is 0.101. The van der Waals surface area contributed by atoms with Crippen LogP contribution in [-0.4, -0.2) is 33.3 Å². The van der Waals surface area contributed by atoms with E-state index in [1.54, 1.807) is 23.9 Å². The fraction of sp³-hybridized carbons (Fsp3) is 0.667. The highest BCUT2D eigenvalue weighted by atomic mass is 16.3. The predicted octanol–water partition coefficient (Wildman–Crippen LogP) is 0.569. The van der Waals surface area contributed by atoms with E-state index in [9.17, 15) is 9.90 Å². The van der Waals surface area contributed by atoms with Crippen LogP contribution in [0.3, 0.4) is 0 Å². The van der Waals surface area contributed by atoms with Crippen LogP contribution in [-0.2, 0) is 5.54 Å². The predicted molar refractivity (Wildman–Crippen MR) is 66.3 cm³/mol. The van der Waals surface area contributed by atoms with Gasteiger partial charge in [0.05, 0.1) is 5.60 Å². The number of aromatic nitrogens is 2. The van der Waals surface area contributed by atoms with Crippen LogP contribution in [0.5, 0.6) is 0 Å². The Morgan fingerprint density at radius 3 is 2.47 bits per heavy atom. The molecule has 1 aliphatic heterocycles. The summed E-state index contributed by atoms with van der Waals surface area (Å²) in [5.41, 5.74) is -1.06. The molecular formula is C12H19N3O2. The van der Waals surface area contributed by atoms with E-state index in [4.69, 9.17) is 0 Å². The molecule has 0 radical (unpaired) electrons. The lowest BCUT2D eigenvalue weighted by molar-refractivity contribution is 0.0302. The Bertz CT molecular complexity index is 477. The van der Waals surface area contributed by atoms with Gasteiger partial charge >= 0.3 is 0 Å². The normalized spacial score (nSPS) is 19.0. The van der Waals surface area contributed by atoms with Crippen LogP contribution in [0.2, 0.25) is 0 Å². The first kappa shape index (κ1) is 12.1. The first-order valence-electron chi connectivity index (χ1n) is 5.76. The van der Waals surface area contributed by atoms with Crippen LogP contribution in [0.1, 0.15) is 27.7 Å². The largest absolute Gasteiger partial charge is 0.386 e. The molecule has 0 aliphatic carbocycles. The van der Waals surface area contributed by atoms with Crippen LogP contribution >= 0.6 is 0 Å². The Kier molecular flexibility index (Phi) is 2.54. The first-order valence-corrected chi connectivity index (χ1v) is 5.76. The minimum Gasteiger partial charge on any atom is -0.386 e. The van der Waals surface area contributed by atoms with E-state index < -0.39 is 5.60 Å². The number of anilines is 1. The average molecular weight is 237 g/mol. The molecule has 0 aromatic carbocycles. The summed E-state index contributed by atoms with van der Waals surface area (Å²) in [7, 11) is 0. The monoisotopic (exact) mass is 237 g/mol. The molecule has 0 spiro atoms.